The van der Waals surface area contributed by atoms with Crippen molar-refractivity contribution >= 4 is 11.6 Å². The van der Waals surface area contributed by atoms with E-state index in [1.165, 1.54) is 12.8 Å². The second kappa shape index (κ2) is 11.1. The predicted molar refractivity (Wildman–Crippen MR) is 140 cm³/mol. The first kappa shape index (κ1) is 25.7. The zero-order valence-electron chi connectivity index (χ0n) is 21.1. The number of aliphatic hydroxyl groups is 1. The number of nitrogens with zero attached hydrogens (tertiary/aromatic N) is 3. The van der Waals surface area contributed by atoms with Crippen molar-refractivity contribution in [2.75, 3.05) is 19.7 Å². The number of hydrogen-bond donors (Lipinski definition) is 1. The largest absolute Gasteiger partial charge is 0.439 e. The first-order chi connectivity index (χ1) is 16.7. The maximum atomic E-state index is 10.8. The van der Waals surface area contributed by atoms with E-state index in [4.69, 9.17) is 26.2 Å². The smallest absolute Gasteiger partial charge is 0.222 e. The second-order valence-electron chi connectivity index (χ2n) is 10.4. The second-order valence-corrected chi connectivity index (χ2v) is 10.8. The van der Waals surface area contributed by atoms with Gasteiger partial charge in [-0.25, -0.2) is 4.68 Å². The van der Waals surface area contributed by atoms with Crippen LogP contribution in [0.25, 0.3) is 11.3 Å². The van der Waals surface area contributed by atoms with Gasteiger partial charge in [0.1, 0.15) is 11.4 Å². The Kier molecular flexibility index (Phi) is 8.17. The van der Waals surface area contributed by atoms with E-state index in [2.05, 4.69) is 17.0 Å². The number of ether oxygens (including phenoxy) is 2. The van der Waals surface area contributed by atoms with Crippen molar-refractivity contribution < 1.29 is 14.6 Å². The van der Waals surface area contributed by atoms with Gasteiger partial charge in [0, 0.05) is 37.3 Å². The lowest BCUT2D eigenvalue weighted by atomic mass is 10.1. The van der Waals surface area contributed by atoms with Crippen LogP contribution in [-0.4, -0.2) is 51.2 Å². The molecule has 0 amide bonds. The Hall–Kier alpha value is -2.38. The molecular formula is C28H36ClN3O3. The highest BCUT2D eigenvalue weighted by Gasteiger charge is 2.29. The molecule has 4 rings (SSSR count). The Morgan fingerprint density at radius 2 is 1.80 bits per heavy atom. The lowest BCUT2D eigenvalue weighted by Gasteiger charge is -2.27. The van der Waals surface area contributed by atoms with Crippen LogP contribution in [0.5, 0.6) is 11.6 Å². The first-order valence-corrected chi connectivity index (χ1v) is 12.6. The van der Waals surface area contributed by atoms with Gasteiger partial charge in [0.15, 0.2) is 0 Å². The van der Waals surface area contributed by atoms with Gasteiger partial charge in [-0.1, -0.05) is 41.9 Å². The minimum absolute atomic E-state index is 0.286. The Bertz CT molecular complexity index is 1090. The van der Waals surface area contributed by atoms with Crippen molar-refractivity contribution in [3.8, 4) is 22.9 Å². The summed E-state index contributed by atoms with van der Waals surface area (Å²) in [5, 5.41) is 16.3. The van der Waals surface area contributed by atoms with Gasteiger partial charge >= 0.3 is 0 Å². The Labute approximate surface area is 213 Å². The maximum absolute atomic E-state index is 10.8. The van der Waals surface area contributed by atoms with Crippen molar-refractivity contribution in [1.82, 2.24) is 14.7 Å². The van der Waals surface area contributed by atoms with Gasteiger partial charge in [-0.05, 0) is 63.8 Å². The fourth-order valence-electron chi connectivity index (χ4n) is 4.05. The fourth-order valence-corrected chi connectivity index (χ4v) is 4.18. The van der Waals surface area contributed by atoms with Crippen LogP contribution in [-0.2, 0) is 18.3 Å². The molecule has 0 saturated heterocycles. The summed E-state index contributed by atoms with van der Waals surface area (Å²) in [5.41, 5.74) is 2.63. The predicted octanol–water partition coefficient (Wildman–Crippen LogP) is 5.92. The van der Waals surface area contributed by atoms with E-state index in [1.54, 1.807) is 4.68 Å². The fraction of sp³-hybridized carbons (Fsp3) is 0.464. The summed E-state index contributed by atoms with van der Waals surface area (Å²) in [4.78, 5) is 2.31. The minimum Gasteiger partial charge on any atom is -0.439 e. The highest BCUT2D eigenvalue weighted by molar-refractivity contribution is 6.30. The van der Waals surface area contributed by atoms with E-state index in [9.17, 15) is 5.11 Å². The van der Waals surface area contributed by atoms with E-state index in [0.717, 1.165) is 23.4 Å². The average molecular weight is 498 g/mol. The van der Waals surface area contributed by atoms with Gasteiger partial charge in [-0.3, -0.25) is 4.90 Å². The lowest BCUT2D eigenvalue weighted by Crippen LogP contribution is -2.37. The molecule has 0 spiro atoms. The topological polar surface area (TPSA) is 59.8 Å². The van der Waals surface area contributed by atoms with Crippen molar-refractivity contribution in [2.45, 2.75) is 51.9 Å². The standard InChI is InChI=1S/C28H36ClN3O3/c1-28(2,3)34-19-23(33)17-32(16-20-10-11-20)18-25-26(21-8-6-5-7-9-21)30-31(4)27(25)35-24-14-12-22(29)13-15-24/h5-9,12-15,20,23,33H,10-11,16-19H2,1-4H3. The van der Waals surface area contributed by atoms with E-state index >= 15 is 0 Å². The molecule has 1 unspecified atom stereocenters. The summed E-state index contributed by atoms with van der Waals surface area (Å²) in [7, 11) is 1.90. The summed E-state index contributed by atoms with van der Waals surface area (Å²) >= 11 is 6.07. The van der Waals surface area contributed by atoms with Gasteiger partial charge in [0.25, 0.3) is 0 Å². The molecule has 1 saturated carbocycles. The first-order valence-electron chi connectivity index (χ1n) is 12.3. The molecule has 0 aliphatic heterocycles. The van der Waals surface area contributed by atoms with Gasteiger partial charge < -0.3 is 14.6 Å². The molecule has 0 radical (unpaired) electrons. The number of aryl methyl sites for hydroxylation is 1. The van der Waals surface area contributed by atoms with Crippen LogP contribution in [0.15, 0.2) is 54.6 Å². The molecule has 1 aliphatic carbocycles. The number of aromatic nitrogens is 2. The van der Waals surface area contributed by atoms with Crippen LogP contribution in [0, 0.1) is 5.92 Å². The molecule has 3 aromatic rings. The molecule has 6 nitrogen and oxygen atoms in total. The third kappa shape index (κ3) is 7.55. The summed E-state index contributed by atoms with van der Waals surface area (Å²) in [6.07, 6.45) is 1.89. The van der Waals surface area contributed by atoms with E-state index in [0.29, 0.717) is 42.3 Å². The Balaban J connectivity index is 1.63. The van der Waals surface area contributed by atoms with Crippen LogP contribution in [0.1, 0.15) is 39.2 Å². The highest BCUT2D eigenvalue weighted by atomic mass is 35.5. The molecule has 35 heavy (non-hydrogen) atoms. The van der Waals surface area contributed by atoms with Crippen molar-refractivity contribution in [3.05, 3.63) is 65.2 Å². The van der Waals surface area contributed by atoms with Crippen LogP contribution >= 0.6 is 11.6 Å². The summed E-state index contributed by atoms with van der Waals surface area (Å²) in [5.74, 6) is 2.06. The molecule has 1 fully saturated rings. The normalized spacial score (nSPS) is 14.9. The van der Waals surface area contributed by atoms with Crippen molar-refractivity contribution in [3.63, 3.8) is 0 Å². The average Bonchev–Trinajstić information content (AvgIpc) is 3.58. The molecule has 1 N–H and O–H groups in total. The van der Waals surface area contributed by atoms with Gasteiger partial charge in [-0.15, -0.1) is 0 Å². The van der Waals surface area contributed by atoms with Gasteiger partial charge in [-0.2, -0.15) is 5.10 Å². The molecule has 1 heterocycles. The minimum atomic E-state index is -0.578. The number of aliphatic hydroxyl groups excluding tert-OH is 1. The van der Waals surface area contributed by atoms with Crippen molar-refractivity contribution in [2.24, 2.45) is 13.0 Å². The van der Waals surface area contributed by atoms with Crippen LogP contribution < -0.4 is 4.74 Å². The zero-order chi connectivity index (χ0) is 25.0. The molecule has 7 heteroatoms. The zero-order valence-corrected chi connectivity index (χ0v) is 21.8. The molecule has 1 aliphatic rings. The highest BCUT2D eigenvalue weighted by Crippen LogP contribution is 2.36. The lowest BCUT2D eigenvalue weighted by molar-refractivity contribution is -0.0569. The van der Waals surface area contributed by atoms with E-state index < -0.39 is 6.10 Å². The SMILES string of the molecule is Cn1nc(-c2ccccc2)c(CN(CC(O)COC(C)(C)C)CC2CC2)c1Oc1ccc(Cl)cc1. The third-order valence-corrected chi connectivity index (χ3v) is 6.19. The number of rotatable bonds is 11. The van der Waals surface area contributed by atoms with Crippen molar-refractivity contribution in [1.29, 1.82) is 0 Å². The molecular weight excluding hydrogens is 462 g/mol. The van der Waals surface area contributed by atoms with Gasteiger partial charge in [0.2, 0.25) is 5.88 Å². The van der Waals surface area contributed by atoms with Crippen LogP contribution in [0.3, 0.4) is 0 Å². The molecule has 2 aromatic carbocycles. The van der Waals surface area contributed by atoms with Crippen LogP contribution in [0.2, 0.25) is 5.02 Å². The Morgan fingerprint density at radius 3 is 2.43 bits per heavy atom. The third-order valence-electron chi connectivity index (χ3n) is 5.94. The summed E-state index contributed by atoms with van der Waals surface area (Å²) < 4.78 is 14.0. The molecule has 1 atom stereocenters. The van der Waals surface area contributed by atoms with Gasteiger partial charge in [0.05, 0.1) is 23.9 Å². The summed E-state index contributed by atoms with van der Waals surface area (Å²) in [6, 6.07) is 17.5. The number of hydrogen-bond acceptors (Lipinski definition) is 5. The van der Waals surface area contributed by atoms with Crippen LogP contribution in [0.4, 0.5) is 0 Å². The molecule has 188 valence electrons. The number of benzene rings is 2. The van der Waals surface area contributed by atoms with E-state index in [-0.39, 0.29) is 5.60 Å². The quantitative estimate of drug-likeness (QED) is 0.356. The Morgan fingerprint density at radius 1 is 1.11 bits per heavy atom. The monoisotopic (exact) mass is 497 g/mol. The molecule has 0 bridgehead atoms. The van der Waals surface area contributed by atoms with E-state index in [1.807, 2.05) is 70.3 Å². The summed E-state index contributed by atoms with van der Waals surface area (Å²) in [6.45, 7) is 8.38. The maximum Gasteiger partial charge on any atom is 0.222 e. The number of halogens is 1. The molecule has 1 aromatic heterocycles.